The Kier molecular flexibility index (Phi) is 4.62. The van der Waals surface area contributed by atoms with Crippen LogP contribution in [0.5, 0.6) is 0 Å². The second-order valence-electron chi connectivity index (χ2n) is 0.620. The molecule has 0 aliphatic heterocycles. The van der Waals surface area contributed by atoms with Crippen LogP contribution in [-0.2, 0) is 15.5 Å². The molecule has 0 aromatic heterocycles. The van der Waals surface area contributed by atoms with E-state index in [-0.39, 0.29) is 0 Å². The van der Waals surface area contributed by atoms with Crippen molar-refractivity contribution in [3.63, 3.8) is 0 Å². The van der Waals surface area contributed by atoms with Crippen LogP contribution in [0.25, 0.3) is 0 Å². The second kappa shape index (κ2) is 4.79. The molecule has 0 amide bonds. The van der Waals surface area contributed by atoms with Gasteiger partial charge >= 0.3 is 44.5 Å². The first-order valence-electron chi connectivity index (χ1n) is 1.41. The molecule has 0 bridgehead atoms. The monoisotopic (exact) mass is 125 g/mol. The Labute approximate surface area is 45.1 Å². The number of hydrogen-bond donors (Lipinski definition) is 0. The van der Waals surface area contributed by atoms with E-state index in [2.05, 4.69) is 19.5 Å². The van der Waals surface area contributed by atoms with Crippen LogP contribution in [0.4, 0.5) is 0 Å². The molecule has 0 spiro atoms. The summed E-state index contributed by atoms with van der Waals surface area (Å²) in [6, 6.07) is 0. The van der Waals surface area contributed by atoms with E-state index in [4.69, 9.17) is 6.58 Å². The topological polar surface area (TPSA) is 12.4 Å². The fourth-order valence-electron chi connectivity index (χ4n) is 0.0784. The zero-order valence-electron chi connectivity index (χ0n) is 3.09. The molecule has 0 aromatic rings. The van der Waals surface area contributed by atoms with Crippen molar-refractivity contribution in [2.75, 3.05) is 0 Å². The van der Waals surface area contributed by atoms with Gasteiger partial charge in [-0.1, -0.05) is 0 Å². The predicted molar refractivity (Wildman–Crippen MR) is 20.4 cm³/mol. The third-order valence-electron chi connectivity index (χ3n) is 0.247. The first-order valence-corrected chi connectivity index (χ1v) is 1.87. The maximum absolute atomic E-state index is 4.91. The summed E-state index contributed by atoms with van der Waals surface area (Å²) in [5.41, 5.74) is 0. The van der Waals surface area contributed by atoms with Crippen LogP contribution < -0.4 is 0 Å². The SMILES string of the molecule is [CH-]=C/C=C\[N]=[Co]. The Morgan fingerprint density at radius 1 is 1.67 bits per heavy atom. The fourth-order valence-corrected chi connectivity index (χ4v) is 0.168. The maximum atomic E-state index is 4.91. The number of nitrogens with zero attached hydrogens (tertiary/aromatic N) is 1. The standard InChI is InChI=1S/C4H4N.Co/c1-2-3-4-5;/h1-4H;/q-1;/b4-3-;. The molecule has 2 heteroatoms. The molecule has 0 radical (unpaired) electrons. The van der Waals surface area contributed by atoms with Crippen molar-refractivity contribution in [3.05, 3.63) is 24.9 Å². The van der Waals surface area contributed by atoms with Crippen molar-refractivity contribution in [2.24, 2.45) is 4.00 Å². The van der Waals surface area contributed by atoms with Crippen molar-refractivity contribution >= 4 is 0 Å². The van der Waals surface area contributed by atoms with Crippen molar-refractivity contribution in [2.45, 2.75) is 0 Å². The summed E-state index contributed by atoms with van der Waals surface area (Å²) < 4.78 is 3.32. The van der Waals surface area contributed by atoms with Crippen LogP contribution in [0.2, 0.25) is 0 Å². The van der Waals surface area contributed by atoms with Gasteiger partial charge < -0.3 is 0 Å². The zero-order valence-corrected chi connectivity index (χ0v) is 4.13. The quantitative estimate of drug-likeness (QED) is 0.388. The van der Waals surface area contributed by atoms with Crippen LogP contribution in [0.15, 0.2) is 22.3 Å². The van der Waals surface area contributed by atoms with Gasteiger partial charge in [0.1, 0.15) is 0 Å². The van der Waals surface area contributed by atoms with Gasteiger partial charge in [-0.2, -0.15) is 0 Å². The van der Waals surface area contributed by atoms with E-state index in [0.29, 0.717) is 0 Å². The van der Waals surface area contributed by atoms with Crippen molar-refractivity contribution in [1.29, 1.82) is 0 Å². The van der Waals surface area contributed by atoms with E-state index in [1.807, 2.05) is 0 Å². The molecule has 0 aliphatic rings. The van der Waals surface area contributed by atoms with Gasteiger partial charge in [-0.05, 0) is 0 Å². The van der Waals surface area contributed by atoms with Crippen LogP contribution in [0.3, 0.4) is 0 Å². The summed E-state index contributed by atoms with van der Waals surface area (Å²) >= 11 is 3.56. The van der Waals surface area contributed by atoms with Crippen molar-refractivity contribution in [1.82, 2.24) is 0 Å². The van der Waals surface area contributed by atoms with Gasteiger partial charge in [0, 0.05) is 0 Å². The molecule has 0 saturated heterocycles. The minimum absolute atomic E-state index is 1.39. The average Bonchev–Trinajstić information content (AvgIpc) is 1.61. The third kappa shape index (κ3) is 3.79. The summed E-state index contributed by atoms with van der Waals surface area (Å²) in [5, 5.41) is 0. The Morgan fingerprint density at radius 3 is 2.50 bits per heavy atom. The van der Waals surface area contributed by atoms with E-state index in [0.717, 1.165) is 0 Å². The molecule has 1 nitrogen and oxygen atoms in total. The number of hydrogen-bond acceptors (Lipinski definition) is 1. The predicted octanol–water partition coefficient (Wildman–Crippen LogP) is 1.22. The second-order valence-corrected chi connectivity index (χ2v) is 0.889. The van der Waals surface area contributed by atoms with Crippen LogP contribution >= 0.6 is 0 Å². The average molecular weight is 125 g/mol. The molecule has 35 valence electrons. The first-order chi connectivity index (χ1) is 2.91. The Morgan fingerprint density at radius 2 is 2.33 bits per heavy atom. The first kappa shape index (κ1) is 5.79. The van der Waals surface area contributed by atoms with Gasteiger partial charge in [0.05, 0.1) is 0 Å². The molecule has 0 fully saturated rings. The molecule has 6 heavy (non-hydrogen) atoms. The normalized spacial score (nSPS) is 8.83. The number of rotatable bonds is 2. The molecular weight excluding hydrogens is 121 g/mol. The van der Waals surface area contributed by atoms with Gasteiger partial charge in [0.2, 0.25) is 0 Å². The molecule has 0 unspecified atom stereocenters. The van der Waals surface area contributed by atoms with E-state index in [1.54, 1.807) is 6.08 Å². The molecule has 0 rings (SSSR count). The van der Waals surface area contributed by atoms with Crippen LogP contribution in [0, 0.1) is 6.58 Å². The van der Waals surface area contributed by atoms with E-state index < -0.39 is 0 Å². The molecule has 0 aliphatic carbocycles. The van der Waals surface area contributed by atoms with Gasteiger partial charge in [-0.3, -0.25) is 0 Å². The summed E-state index contributed by atoms with van der Waals surface area (Å²) in [4.78, 5) is 0. The van der Waals surface area contributed by atoms with Gasteiger partial charge in [-0.15, -0.1) is 0 Å². The van der Waals surface area contributed by atoms with Gasteiger partial charge in [0.25, 0.3) is 0 Å². The molecule has 0 atom stereocenters. The summed E-state index contributed by atoms with van der Waals surface area (Å²) in [6.07, 6.45) is 4.46. The fraction of sp³-hybridized carbons (Fsp3) is 0. The minimum atomic E-state index is 1.39. The Balaban J connectivity index is 3.17. The molecule has 0 heterocycles. The zero-order chi connectivity index (χ0) is 4.83. The summed E-state index contributed by atoms with van der Waals surface area (Å²) in [7, 11) is 0. The van der Waals surface area contributed by atoms with Gasteiger partial charge in [-0.25, -0.2) is 0 Å². The van der Waals surface area contributed by atoms with E-state index in [1.165, 1.54) is 12.3 Å². The number of allylic oxidation sites excluding steroid dienone is 2. The Hall–Kier alpha value is -0.214. The van der Waals surface area contributed by atoms with Crippen molar-refractivity contribution in [3.8, 4) is 0 Å². The van der Waals surface area contributed by atoms with Gasteiger partial charge in [0.15, 0.2) is 0 Å². The summed E-state index contributed by atoms with van der Waals surface area (Å²) in [6.45, 7) is 4.91. The molecule has 0 saturated carbocycles. The van der Waals surface area contributed by atoms with Crippen LogP contribution in [-0.4, -0.2) is 0 Å². The van der Waals surface area contributed by atoms with Crippen molar-refractivity contribution < 1.29 is 15.5 Å². The van der Waals surface area contributed by atoms with E-state index in [9.17, 15) is 0 Å². The molecular formula is C4H4CoN-. The summed E-state index contributed by atoms with van der Waals surface area (Å²) in [5.74, 6) is 0. The third-order valence-corrected chi connectivity index (χ3v) is 0.402. The molecule has 0 aromatic carbocycles. The van der Waals surface area contributed by atoms with E-state index >= 15 is 0 Å². The Bertz CT molecular complexity index is 65.6. The molecule has 0 N–H and O–H groups in total. The van der Waals surface area contributed by atoms with Crippen LogP contribution in [0.1, 0.15) is 0 Å².